The summed E-state index contributed by atoms with van der Waals surface area (Å²) in [6, 6.07) is 0. The molecule has 1 saturated heterocycles. The van der Waals surface area contributed by atoms with E-state index in [-0.39, 0.29) is 35.8 Å². The molecule has 1 amide bonds. The van der Waals surface area contributed by atoms with Crippen molar-refractivity contribution in [2.24, 2.45) is 0 Å². The number of ether oxygens (including phenoxy) is 1. The predicted octanol–water partition coefficient (Wildman–Crippen LogP) is 5.34. The normalized spacial score (nSPS) is 17.2. The van der Waals surface area contributed by atoms with E-state index in [0.717, 1.165) is 6.26 Å². The maximum absolute atomic E-state index is 13.7. The van der Waals surface area contributed by atoms with Crippen LogP contribution in [0, 0.1) is 0 Å². The van der Waals surface area contributed by atoms with Crippen LogP contribution in [0.5, 0.6) is 0 Å². The molecule has 4 rings (SSSR count). The Kier molecular flexibility index (Phi) is 6.41. The fourth-order valence-electron chi connectivity index (χ4n) is 3.88. The second kappa shape index (κ2) is 9.28. The average molecular weight is 471 g/mol. The second-order valence-corrected chi connectivity index (χ2v) is 9.20. The third-order valence-corrected chi connectivity index (χ3v) is 5.50. The molecule has 0 aromatic carbocycles. The van der Waals surface area contributed by atoms with Crippen molar-refractivity contribution in [2.75, 3.05) is 13.1 Å². The lowest BCUT2D eigenvalue weighted by atomic mass is 9.90. The summed E-state index contributed by atoms with van der Waals surface area (Å²) in [5, 5.41) is 13.5. The fourth-order valence-corrected chi connectivity index (χ4v) is 3.88. The molecule has 2 aromatic heterocycles. The number of carboxylic acid groups (broad SMARTS) is 1. The molecule has 0 saturated carbocycles. The summed E-state index contributed by atoms with van der Waals surface area (Å²) in [6.07, 6.45) is 8.33. The molecule has 0 radical (unpaired) electrons. The van der Waals surface area contributed by atoms with Gasteiger partial charge in [-0.05, 0) is 39.7 Å². The van der Waals surface area contributed by atoms with E-state index < -0.39 is 11.6 Å². The number of halogens is 1. The van der Waals surface area contributed by atoms with Crippen LogP contribution in [0.15, 0.2) is 45.3 Å². The number of aromatic carboxylic acids is 1. The summed E-state index contributed by atoms with van der Waals surface area (Å²) in [5.41, 5.74) is 0.560. The Bertz CT molecular complexity index is 1180. The van der Waals surface area contributed by atoms with Crippen LogP contribution in [-0.4, -0.2) is 50.9 Å². The van der Waals surface area contributed by atoms with Crippen LogP contribution >= 0.6 is 0 Å². The molecule has 2 aromatic rings. The summed E-state index contributed by atoms with van der Waals surface area (Å²) < 4.78 is 30.4. The number of hydrogen-bond donors (Lipinski definition) is 1. The van der Waals surface area contributed by atoms with Crippen LogP contribution in [0.25, 0.3) is 17.0 Å². The van der Waals surface area contributed by atoms with E-state index in [1.54, 1.807) is 23.1 Å². The molecule has 0 unspecified atom stereocenters. The molecule has 10 heteroatoms. The molecule has 9 nitrogen and oxygen atoms in total. The van der Waals surface area contributed by atoms with Crippen LogP contribution in [-0.2, 0) is 4.74 Å². The maximum atomic E-state index is 13.7. The van der Waals surface area contributed by atoms with Crippen LogP contribution in [0.1, 0.15) is 67.9 Å². The largest absolute Gasteiger partial charge is 0.476 e. The van der Waals surface area contributed by atoms with Gasteiger partial charge >= 0.3 is 12.1 Å². The van der Waals surface area contributed by atoms with Gasteiger partial charge in [0.2, 0.25) is 5.89 Å². The van der Waals surface area contributed by atoms with Gasteiger partial charge in [0.05, 0.1) is 0 Å². The molecule has 1 aliphatic carbocycles. The molecular formula is C24H26FN3O6. The van der Waals surface area contributed by atoms with Gasteiger partial charge in [0.25, 0.3) is 0 Å². The van der Waals surface area contributed by atoms with Gasteiger partial charge < -0.3 is 23.7 Å². The number of carboxylic acids is 1. The molecule has 180 valence electrons. The first-order chi connectivity index (χ1) is 16.1. The minimum absolute atomic E-state index is 0.0567. The van der Waals surface area contributed by atoms with Crippen LogP contribution in [0.3, 0.4) is 0 Å². The Morgan fingerprint density at radius 3 is 2.62 bits per heavy atom. The van der Waals surface area contributed by atoms with Crippen molar-refractivity contribution in [2.45, 2.75) is 51.6 Å². The van der Waals surface area contributed by atoms with Crippen LogP contribution in [0.2, 0.25) is 0 Å². The first-order valence-corrected chi connectivity index (χ1v) is 11.0. The van der Waals surface area contributed by atoms with Gasteiger partial charge in [0, 0.05) is 31.0 Å². The Morgan fingerprint density at radius 1 is 1.24 bits per heavy atom. The molecular weight excluding hydrogens is 445 g/mol. The Morgan fingerprint density at radius 2 is 1.97 bits per heavy atom. The van der Waals surface area contributed by atoms with Gasteiger partial charge in [-0.25, -0.2) is 19.0 Å². The summed E-state index contributed by atoms with van der Waals surface area (Å²) >= 11 is 0. The van der Waals surface area contributed by atoms with E-state index in [1.807, 2.05) is 20.8 Å². The summed E-state index contributed by atoms with van der Waals surface area (Å²) in [7, 11) is 0. The molecule has 3 heterocycles. The number of aromatic nitrogens is 2. The molecule has 1 aliphatic heterocycles. The van der Waals surface area contributed by atoms with E-state index >= 15 is 0 Å². The lowest BCUT2D eigenvalue weighted by molar-refractivity contribution is 0.0199. The number of allylic oxidation sites excluding steroid dienone is 6. The highest BCUT2D eigenvalue weighted by Crippen LogP contribution is 2.40. The monoisotopic (exact) mass is 471 g/mol. The number of carbonyl (C=O) groups is 2. The number of piperidine rings is 1. The number of oxazole rings is 1. The van der Waals surface area contributed by atoms with E-state index in [0.29, 0.717) is 48.5 Å². The molecule has 0 atom stereocenters. The number of amides is 1. The summed E-state index contributed by atoms with van der Waals surface area (Å²) in [6.45, 7) is 6.37. The second-order valence-electron chi connectivity index (χ2n) is 9.20. The van der Waals surface area contributed by atoms with Crippen molar-refractivity contribution in [3.63, 3.8) is 0 Å². The minimum atomic E-state index is -1.22. The minimum Gasteiger partial charge on any atom is -0.476 e. The van der Waals surface area contributed by atoms with Gasteiger partial charge in [-0.15, -0.1) is 0 Å². The van der Waals surface area contributed by atoms with Crippen LogP contribution < -0.4 is 0 Å². The zero-order chi connectivity index (χ0) is 24.5. The van der Waals surface area contributed by atoms with Crippen molar-refractivity contribution >= 4 is 17.6 Å². The molecule has 0 spiro atoms. The van der Waals surface area contributed by atoms with E-state index in [2.05, 4.69) is 10.1 Å². The Hall–Kier alpha value is -3.69. The number of carbonyl (C=O) groups excluding carboxylic acids is 1. The number of hydrogen-bond acceptors (Lipinski definition) is 7. The van der Waals surface area contributed by atoms with Crippen molar-refractivity contribution in [1.29, 1.82) is 0 Å². The number of likely N-dealkylation sites (tertiary alicyclic amines) is 1. The van der Waals surface area contributed by atoms with Gasteiger partial charge in [-0.3, -0.25) is 0 Å². The summed E-state index contributed by atoms with van der Waals surface area (Å²) in [5.74, 6) is -1.09. The highest BCUT2D eigenvalue weighted by Gasteiger charge is 2.34. The number of rotatable bonds is 4. The van der Waals surface area contributed by atoms with E-state index in [1.165, 1.54) is 6.08 Å². The van der Waals surface area contributed by atoms with Crippen molar-refractivity contribution in [1.82, 2.24) is 15.0 Å². The topological polar surface area (TPSA) is 119 Å². The molecule has 1 fully saturated rings. The molecule has 0 bridgehead atoms. The zero-order valence-electron chi connectivity index (χ0n) is 19.2. The smallest absolute Gasteiger partial charge is 0.410 e. The van der Waals surface area contributed by atoms with Gasteiger partial charge in [-0.1, -0.05) is 23.4 Å². The molecule has 1 N–H and O–H groups in total. The highest BCUT2D eigenvalue weighted by atomic mass is 19.1. The van der Waals surface area contributed by atoms with E-state index in [9.17, 15) is 19.1 Å². The lowest BCUT2D eigenvalue weighted by Gasteiger charge is -2.32. The zero-order valence-corrected chi connectivity index (χ0v) is 19.2. The van der Waals surface area contributed by atoms with Gasteiger partial charge in [0.15, 0.2) is 11.5 Å². The predicted molar refractivity (Wildman–Crippen MR) is 120 cm³/mol. The third-order valence-electron chi connectivity index (χ3n) is 5.50. The average Bonchev–Trinajstić information content (AvgIpc) is 3.37. The fraction of sp³-hybridized carbons (Fsp3) is 0.417. The van der Waals surface area contributed by atoms with Crippen molar-refractivity contribution < 1.29 is 32.8 Å². The quantitative estimate of drug-likeness (QED) is 0.635. The maximum Gasteiger partial charge on any atom is 0.410 e. The molecule has 34 heavy (non-hydrogen) atoms. The highest BCUT2D eigenvalue weighted by molar-refractivity contribution is 5.87. The molecule has 2 aliphatic rings. The Balaban J connectivity index is 1.65. The third kappa shape index (κ3) is 5.11. The number of nitrogens with zero attached hydrogens (tertiary/aromatic N) is 3. The van der Waals surface area contributed by atoms with Gasteiger partial charge in [-0.2, -0.15) is 0 Å². The SMILES string of the molecule is CC(C)(C)OC(=O)N1CCC(c2onc(C3=CC=C(F)CC=C3)c2-c2nc(C(=O)O)co2)CC1. The summed E-state index contributed by atoms with van der Waals surface area (Å²) in [4.78, 5) is 29.5. The first-order valence-electron chi connectivity index (χ1n) is 11.0. The van der Waals surface area contributed by atoms with Crippen LogP contribution in [0.4, 0.5) is 9.18 Å². The first kappa shape index (κ1) is 23.5. The van der Waals surface area contributed by atoms with Gasteiger partial charge in [0.1, 0.15) is 28.9 Å². The lowest BCUT2D eigenvalue weighted by Crippen LogP contribution is -2.41. The van der Waals surface area contributed by atoms with Crippen molar-refractivity contribution in [3.8, 4) is 11.5 Å². The van der Waals surface area contributed by atoms with E-state index in [4.69, 9.17) is 13.7 Å². The Labute approximate surface area is 195 Å². The standard InChI is InChI=1S/C24H26FN3O6/c1-24(2,3)33-23(31)28-11-9-15(10-12-28)20-18(21-26-17(13-32-21)22(29)30)19(27-34-20)14-5-4-6-16(25)8-7-14/h4-5,7-8,13,15H,6,9-12H2,1-3H3,(H,29,30). The van der Waals surface area contributed by atoms with Crippen molar-refractivity contribution in [3.05, 3.63) is 53.5 Å².